The summed E-state index contributed by atoms with van der Waals surface area (Å²) in [5, 5.41) is 12.5. The summed E-state index contributed by atoms with van der Waals surface area (Å²) in [5.74, 6) is 0.499. The van der Waals surface area contributed by atoms with Gasteiger partial charge in [-0.05, 0) is 67.8 Å². The molecule has 0 aliphatic heterocycles. The van der Waals surface area contributed by atoms with E-state index in [1.807, 2.05) is 44.2 Å². The summed E-state index contributed by atoms with van der Waals surface area (Å²) >= 11 is 0. The van der Waals surface area contributed by atoms with Crippen LogP contribution in [0.15, 0.2) is 60.7 Å². The van der Waals surface area contributed by atoms with E-state index in [-0.39, 0.29) is 5.56 Å². The first-order chi connectivity index (χ1) is 14.5. The Hall–Kier alpha value is -3.47. The van der Waals surface area contributed by atoms with Gasteiger partial charge in [0.25, 0.3) is 0 Å². The molecule has 0 heterocycles. The lowest BCUT2D eigenvalue weighted by Crippen LogP contribution is -2.05. The number of carboxylic acid groups (broad SMARTS) is 1. The molecule has 3 aromatic carbocycles. The number of rotatable bonds is 9. The first-order valence-corrected chi connectivity index (χ1v) is 9.98. The average Bonchev–Trinajstić information content (AvgIpc) is 2.72. The molecule has 0 aromatic heterocycles. The molecule has 3 aromatic rings. The third-order valence-corrected chi connectivity index (χ3v) is 4.74. The first kappa shape index (κ1) is 21.2. The van der Waals surface area contributed by atoms with Gasteiger partial charge in [0.2, 0.25) is 0 Å². The second kappa shape index (κ2) is 9.83. The highest BCUT2D eigenvalue weighted by molar-refractivity contribution is 5.88. The van der Waals surface area contributed by atoms with Gasteiger partial charge in [-0.25, -0.2) is 4.79 Å². The molecule has 30 heavy (non-hydrogen) atoms. The van der Waals surface area contributed by atoms with Crippen LogP contribution >= 0.6 is 0 Å². The van der Waals surface area contributed by atoms with Crippen LogP contribution in [0.25, 0.3) is 0 Å². The lowest BCUT2D eigenvalue weighted by molar-refractivity contribution is 0.0697. The van der Waals surface area contributed by atoms with Crippen molar-refractivity contribution in [2.45, 2.75) is 33.9 Å². The molecule has 0 aliphatic carbocycles. The number of hydrogen-bond donors (Lipinski definition) is 2. The van der Waals surface area contributed by atoms with Gasteiger partial charge >= 0.3 is 5.97 Å². The van der Waals surface area contributed by atoms with E-state index in [0.29, 0.717) is 31.3 Å². The normalized spacial score (nSPS) is 10.5. The van der Waals surface area contributed by atoms with Crippen molar-refractivity contribution in [2.75, 3.05) is 11.9 Å². The van der Waals surface area contributed by atoms with Gasteiger partial charge in [-0.15, -0.1) is 0 Å². The Morgan fingerprint density at radius 3 is 2.47 bits per heavy atom. The maximum atomic E-state index is 11.1. The Morgan fingerprint density at radius 2 is 1.77 bits per heavy atom. The fourth-order valence-electron chi connectivity index (χ4n) is 3.21. The Morgan fingerprint density at radius 1 is 0.933 bits per heavy atom. The second-order valence-electron chi connectivity index (χ2n) is 7.18. The highest BCUT2D eigenvalue weighted by Crippen LogP contribution is 2.30. The zero-order chi connectivity index (χ0) is 21.5. The molecular weight excluding hydrogens is 378 g/mol. The number of carbonyl (C=O) groups is 1. The van der Waals surface area contributed by atoms with Crippen LogP contribution in [0.4, 0.5) is 5.69 Å². The van der Waals surface area contributed by atoms with Crippen molar-refractivity contribution >= 4 is 11.7 Å². The molecule has 0 fully saturated rings. The molecule has 0 amide bonds. The molecule has 3 rings (SSSR count). The van der Waals surface area contributed by atoms with E-state index in [4.69, 9.17) is 14.6 Å². The van der Waals surface area contributed by atoms with E-state index in [2.05, 4.69) is 24.4 Å². The molecule has 0 spiro atoms. The average molecular weight is 405 g/mol. The van der Waals surface area contributed by atoms with E-state index in [1.54, 1.807) is 18.2 Å². The molecule has 2 N–H and O–H groups in total. The van der Waals surface area contributed by atoms with Crippen LogP contribution in [0.5, 0.6) is 11.5 Å². The SMILES string of the molecule is CCOc1cc(CNc2ccc(C(=O)O)cc2C)ccc1OCc1cccc(C)c1. The molecule has 0 radical (unpaired) electrons. The highest BCUT2D eigenvalue weighted by Gasteiger charge is 2.09. The van der Waals surface area contributed by atoms with Crippen molar-refractivity contribution in [1.29, 1.82) is 0 Å². The predicted molar refractivity (Wildman–Crippen MR) is 119 cm³/mol. The van der Waals surface area contributed by atoms with Gasteiger partial charge in [0, 0.05) is 12.2 Å². The van der Waals surface area contributed by atoms with E-state index in [0.717, 1.165) is 22.4 Å². The van der Waals surface area contributed by atoms with Gasteiger partial charge < -0.3 is 19.9 Å². The number of aryl methyl sites for hydroxylation is 2. The monoisotopic (exact) mass is 405 g/mol. The maximum absolute atomic E-state index is 11.1. The zero-order valence-corrected chi connectivity index (χ0v) is 17.6. The molecule has 5 heteroatoms. The van der Waals surface area contributed by atoms with Crippen LogP contribution in [-0.2, 0) is 13.2 Å². The van der Waals surface area contributed by atoms with Gasteiger partial charge in [0.15, 0.2) is 11.5 Å². The third-order valence-electron chi connectivity index (χ3n) is 4.74. The molecule has 0 atom stereocenters. The number of aromatic carboxylic acids is 1. The summed E-state index contributed by atoms with van der Waals surface area (Å²) in [7, 11) is 0. The molecule has 0 bridgehead atoms. The Labute approximate surface area is 177 Å². The zero-order valence-electron chi connectivity index (χ0n) is 17.6. The second-order valence-corrected chi connectivity index (χ2v) is 7.18. The van der Waals surface area contributed by atoms with Crippen molar-refractivity contribution in [3.8, 4) is 11.5 Å². The number of carboxylic acids is 1. The van der Waals surface area contributed by atoms with Crippen LogP contribution in [0.2, 0.25) is 0 Å². The lowest BCUT2D eigenvalue weighted by Gasteiger charge is -2.15. The topological polar surface area (TPSA) is 67.8 Å². The minimum atomic E-state index is -0.924. The van der Waals surface area contributed by atoms with Crippen LogP contribution < -0.4 is 14.8 Å². The lowest BCUT2D eigenvalue weighted by atomic mass is 10.1. The van der Waals surface area contributed by atoms with Crippen molar-refractivity contribution < 1.29 is 19.4 Å². The smallest absolute Gasteiger partial charge is 0.335 e. The van der Waals surface area contributed by atoms with Crippen LogP contribution in [0.3, 0.4) is 0 Å². The molecule has 0 saturated heterocycles. The van der Waals surface area contributed by atoms with Gasteiger partial charge in [-0.2, -0.15) is 0 Å². The summed E-state index contributed by atoms with van der Waals surface area (Å²) < 4.78 is 11.8. The fraction of sp³-hybridized carbons (Fsp3) is 0.240. The largest absolute Gasteiger partial charge is 0.490 e. The van der Waals surface area contributed by atoms with Crippen LogP contribution in [0.1, 0.15) is 39.5 Å². The van der Waals surface area contributed by atoms with E-state index in [9.17, 15) is 4.79 Å². The van der Waals surface area contributed by atoms with Gasteiger partial charge in [0.05, 0.1) is 12.2 Å². The first-order valence-electron chi connectivity index (χ1n) is 9.98. The summed E-state index contributed by atoms with van der Waals surface area (Å²) in [4.78, 5) is 11.1. The van der Waals surface area contributed by atoms with E-state index in [1.165, 1.54) is 5.56 Å². The number of benzene rings is 3. The molecule has 156 valence electrons. The van der Waals surface area contributed by atoms with Crippen molar-refractivity contribution in [3.63, 3.8) is 0 Å². The molecular formula is C25H27NO4. The summed E-state index contributed by atoms with van der Waals surface area (Å²) in [6, 6.07) is 19.2. The summed E-state index contributed by atoms with van der Waals surface area (Å²) in [6.45, 7) is 7.52. The van der Waals surface area contributed by atoms with Gasteiger partial charge in [-0.3, -0.25) is 0 Å². The van der Waals surface area contributed by atoms with Crippen molar-refractivity contribution in [2.24, 2.45) is 0 Å². The number of ether oxygens (including phenoxy) is 2. The molecule has 0 saturated carbocycles. The number of nitrogens with one attached hydrogen (secondary N) is 1. The Bertz CT molecular complexity index is 1030. The summed E-state index contributed by atoms with van der Waals surface area (Å²) in [5.41, 5.74) is 5.43. The maximum Gasteiger partial charge on any atom is 0.335 e. The minimum Gasteiger partial charge on any atom is -0.490 e. The van der Waals surface area contributed by atoms with Crippen molar-refractivity contribution in [3.05, 3.63) is 88.5 Å². The summed E-state index contributed by atoms with van der Waals surface area (Å²) in [6.07, 6.45) is 0. The van der Waals surface area contributed by atoms with Crippen molar-refractivity contribution in [1.82, 2.24) is 0 Å². The quantitative estimate of drug-likeness (QED) is 0.486. The molecule has 5 nitrogen and oxygen atoms in total. The minimum absolute atomic E-state index is 0.284. The highest BCUT2D eigenvalue weighted by atomic mass is 16.5. The van der Waals surface area contributed by atoms with Crippen LogP contribution in [-0.4, -0.2) is 17.7 Å². The Kier molecular flexibility index (Phi) is 6.96. The fourth-order valence-corrected chi connectivity index (χ4v) is 3.21. The predicted octanol–water partition coefficient (Wildman–Crippen LogP) is 5.59. The van der Waals surface area contributed by atoms with E-state index < -0.39 is 5.97 Å². The third kappa shape index (κ3) is 5.54. The number of hydrogen-bond acceptors (Lipinski definition) is 4. The number of anilines is 1. The van der Waals surface area contributed by atoms with Gasteiger partial charge in [-0.1, -0.05) is 35.9 Å². The molecule has 0 unspecified atom stereocenters. The van der Waals surface area contributed by atoms with Crippen LogP contribution in [0, 0.1) is 13.8 Å². The standard InChI is InChI=1S/C25H27NO4/c1-4-29-24-14-19(15-26-22-10-9-21(25(27)28)13-18(22)3)8-11-23(24)30-16-20-7-5-6-17(2)12-20/h5-14,26H,4,15-16H2,1-3H3,(H,27,28). The Balaban J connectivity index is 1.69. The molecule has 0 aliphatic rings. The van der Waals surface area contributed by atoms with Gasteiger partial charge in [0.1, 0.15) is 6.61 Å². The van der Waals surface area contributed by atoms with E-state index >= 15 is 0 Å².